The van der Waals surface area contributed by atoms with E-state index in [0.29, 0.717) is 32.9 Å². The number of pyridine rings is 1. The summed E-state index contributed by atoms with van der Waals surface area (Å²) in [7, 11) is 0. The third-order valence-corrected chi connectivity index (χ3v) is 6.33. The van der Waals surface area contributed by atoms with Crippen LogP contribution in [0, 0.1) is 11.3 Å². The van der Waals surface area contributed by atoms with Crippen molar-refractivity contribution in [3.8, 4) is 17.2 Å². The highest BCUT2D eigenvalue weighted by molar-refractivity contribution is 7.21. The molecule has 1 aliphatic heterocycles. The Morgan fingerprint density at radius 2 is 2.33 bits per heavy atom. The molecule has 0 aromatic carbocycles. The molecular weight excluding hydrogens is 382 g/mol. The monoisotopic (exact) mass is 399 g/mol. The minimum atomic E-state index is -0.264. The number of rotatable bonds is 4. The van der Waals surface area contributed by atoms with E-state index in [2.05, 4.69) is 16.4 Å². The van der Waals surface area contributed by atoms with E-state index in [4.69, 9.17) is 16.2 Å². The molecule has 27 heavy (non-hydrogen) atoms. The summed E-state index contributed by atoms with van der Waals surface area (Å²) in [4.78, 5) is 17.9. The Labute approximate surface area is 163 Å². The fourth-order valence-electron chi connectivity index (χ4n) is 3.24. The first-order chi connectivity index (χ1) is 13.1. The molecule has 1 atom stereocenters. The Bertz CT molecular complexity index is 1050. The highest BCUT2D eigenvalue weighted by Gasteiger charge is 2.25. The first kappa shape index (κ1) is 17.7. The molecule has 0 spiro atoms. The van der Waals surface area contributed by atoms with Crippen LogP contribution in [0.15, 0.2) is 16.8 Å². The van der Waals surface area contributed by atoms with Gasteiger partial charge in [-0.1, -0.05) is 0 Å². The number of nitrogens with two attached hydrogens (primary N) is 2. The summed E-state index contributed by atoms with van der Waals surface area (Å²) in [5.74, 6) is -0.127. The Morgan fingerprint density at radius 1 is 1.48 bits per heavy atom. The van der Waals surface area contributed by atoms with Gasteiger partial charge in [0.2, 0.25) is 0 Å². The van der Waals surface area contributed by atoms with Gasteiger partial charge in [0.15, 0.2) is 0 Å². The predicted octanol–water partition coefficient (Wildman–Crippen LogP) is 2.97. The largest absolute Gasteiger partial charge is 0.397 e. The molecule has 4 rings (SSSR count). The van der Waals surface area contributed by atoms with Crippen molar-refractivity contribution in [2.45, 2.75) is 18.9 Å². The van der Waals surface area contributed by atoms with Crippen molar-refractivity contribution in [1.29, 1.82) is 5.26 Å². The fraction of sp³-hybridized carbons (Fsp3) is 0.278. The van der Waals surface area contributed by atoms with Crippen LogP contribution in [0.1, 0.15) is 28.1 Å². The molecular formula is C18H17N5O2S2. The second-order valence-electron chi connectivity index (χ2n) is 6.24. The van der Waals surface area contributed by atoms with Crippen LogP contribution < -0.4 is 16.8 Å². The van der Waals surface area contributed by atoms with Gasteiger partial charge in [-0.05, 0) is 35.2 Å². The smallest absolute Gasteiger partial charge is 0.263 e. The topological polar surface area (TPSA) is 127 Å². The van der Waals surface area contributed by atoms with Crippen LogP contribution in [-0.2, 0) is 4.74 Å². The number of anilines is 2. The summed E-state index contributed by atoms with van der Waals surface area (Å²) in [5.41, 5.74) is 14.4. The third kappa shape index (κ3) is 3.12. The van der Waals surface area contributed by atoms with Gasteiger partial charge in [-0.25, -0.2) is 4.98 Å². The van der Waals surface area contributed by atoms with Gasteiger partial charge in [-0.15, -0.1) is 11.3 Å². The Balaban J connectivity index is 1.78. The van der Waals surface area contributed by atoms with E-state index >= 15 is 0 Å². The number of nitriles is 1. The Kier molecular flexibility index (Phi) is 4.70. The van der Waals surface area contributed by atoms with Crippen LogP contribution in [0.3, 0.4) is 0 Å². The molecule has 0 saturated carbocycles. The first-order valence-electron chi connectivity index (χ1n) is 8.44. The van der Waals surface area contributed by atoms with E-state index in [1.54, 1.807) is 0 Å². The number of thiophene rings is 2. The maximum absolute atomic E-state index is 12.7. The molecule has 0 aliphatic carbocycles. The molecule has 5 N–H and O–H groups in total. The van der Waals surface area contributed by atoms with E-state index < -0.39 is 0 Å². The molecule has 138 valence electrons. The van der Waals surface area contributed by atoms with E-state index in [9.17, 15) is 10.1 Å². The lowest BCUT2D eigenvalue weighted by atomic mass is 9.99. The van der Waals surface area contributed by atoms with Gasteiger partial charge in [0.05, 0.1) is 11.8 Å². The van der Waals surface area contributed by atoms with Gasteiger partial charge in [0.25, 0.3) is 5.91 Å². The number of ether oxygens (including phenoxy) is 1. The highest BCUT2D eigenvalue weighted by Crippen LogP contribution is 2.43. The molecule has 0 bridgehead atoms. The lowest BCUT2D eigenvalue weighted by Crippen LogP contribution is -2.31. The van der Waals surface area contributed by atoms with Gasteiger partial charge in [-0.2, -0.15) is 16.6 Å². The summed E-state index contributed by atoms with van der Waals surface area (Å²) in [6.07, 6.45) is 1.99. The molecule has 7 nitrogen and oxygen atoms in total. The molecule has 1 amide bonds. The molecule has 3 aromatic heterocycles. The average Bonchev–Trinajstić information content (AvgIpc) is 3.41. The number of aromatic nitrogens is 1. The van der Waals surface area contributed by atoms with Gasteiger partial charge in [-0.3, -0.25) is 4.79 Å². The predicted molar refractivity (Wildman–Crippen MR) is 108 cm³/mol. The molecule has 3 aromatic rings. The van der Waals surface area contributed by atoms with E-state index in [-0.39, 0.29) is 23.4 Å². The van der Waals surface area contributed by atoms with Crippen molar-refractivity contribution in [2.24, 2.45) is 0 Å². The maximum atomic E-state index is 12.7. The van der Waals surface area contributed by atoms with Gasteiger partial charge in [0, 0.05) is 24.1 Å². The average molecular weight is 400 g/mol. The van der Waals surface area contributed by atoms with Crippen molar-refractivity contribution in [3.05, 3.63) is 27.3 Å². The van der Waals surface area contributed by atoms with Crippen LogP contribution in [0.5, 0.6) is 0 Å². The molecule has 0 radical (unpaired) electrons. The van der Waals surface area contributed by atoms with Crippen molar-refractivity contribution >= 4 is 50.3 Å². The molecule has 1 unspecified atom stereocenters. The number of amides is 1. The van der Waals surface area contributed by atoms with Crippen molar-refractivity contribution < 1.29 is 9.53 Å². The van der Waals surface area contributed by atoms with Crippen LogP contribution in [-0.4, -0.2) is 30.1 Å². The molecule has 1 fully saturated rings. The summed E-state index contributed by atoms with van der Waals surface area (Å²) < 4.78 is 5.54. The SMILES string of the molecule is N#Cc1c(N)nc2sc(C(=O)NCC3CCCO3)c(N)c2c1-c1ccsc1. The lowest BCUT2D eigenvalue weighted by molar-refractivity contribution is 0.0862. The molecule has 9 heteroatoms. The first-order valence-corrected chi connectivity index (χ1v) is 10.2. The summed E-state index contributed by atoms with van der Waals surface area (Å²) in [6.45, 7) is 1.18. The zero-order valence-corrected chi connectivity index (χ0v) is 16.0. The Morgan fingerprint density at radius 3 is 3.00 bits per heavy atom. The standard InChI is InChI=1S/C18H17N5O2S2/c19-6-11-12(9-3-5-26-8-9)13-14(20)15(27-18(13)23-16(11)21)17(24)22-7-10-2-1-4-25-10/h3,5,8,10H,1-2,4,7,20H2,(H2,21,23)(H,22,24). The maximum Gasteiger partial charge on any atom is 0.263 e. The third-order valence-electron chi connectivity index (χ3n) is 4.55. The quantitative estimate of drug-likeness (QED) is 0.619. The number of carbonyl (C=O) groups is 1. The Hall–Kier alpha value is -2.67. The van der Waals surface area contributed by atoms with Crippen molar-refractivity contribution in [3.63, 3.8) is 0 Å². The van der Waals surface area contributed by atoms with Gasteiger partial charge in [0.1, 0.15) is 27.2 Å². The van der Waals surface area contributed by atoms with Crippen LogP contribution in [0.4, 0.5) is 11.5 Å². The fourth-order valence-corrected chi connectivity index (χ4v) is 4.91. The van der Waals surface area contributed by atoms with Crippen LogP contribution in [0.2, 0.25) is 0 Å². The minimum absolute atomic E-state index is 0.0462. The zero-order valence-electron chi connectivity index (χ0n) is 14.3. The summed E-state index contributed by atoms with van der Waals surface area (Å²) in [5, 5.41) is 16.9. The highest BCUT2D eigenvalue weighted by atomic mass is 32.1. The second-order valence-corrected chi connectivity index (χ2v) is 8.02. The van der Waals surface area contributed by atoms with Crippen LogP contribution >= 0.6 is 22.7 Å². The van der Waals surface area contributed by atoms with Crippen LogP contribution in [0.25, 0.3) is 21.3 Å². The number of hydrogen-bond acceptors (Lipinski definition) is 8. The zero-order chi connectivity index (χ0) is 19.0. The number of nitrogen functional groups attached to an aromatic ring is 2. The lowest BCUT2D eigenvalue weighted by Gasteiger charge is -2.10. The van der Waals surface area contributed by atoms with E-state index in [0.717, 1.165) is 25.0 Å². The number of nitrogens with one attached hydrogen (secondary N) is 1. The normalized spacial score (nSPS) is 16.5. The number of carbonyl (C=O) groups excluding carboxylic acids is 1. The number of nitrogens with zero attached hydrogens (tertiary/aromatic N) is 2. The number of hydrogen-bond donors (Lipinski definition) is 3. The minimum Gasteiger partial charge on any atom is -0.397 e. The summed E-state index contributed by atoms with van der Waals surface area (Å²) >= 11 is 2.69. The van der Waals surface area contributed by atoms with E-state index in [1.807, 2.05) is 16.8 Å². The second kappa shape index (κ2) is 7.15. The number of fused-ring (bicyclic) bond motifs is 1. The summed E-state index contributed by atoms with van der Waals surface area (Å²) in [6, 6.07) is 4.02. The molecule has 1 aliphatic rings. The molecule has 4 heterocycles. The molecule has 1 saturated heterocycles. The van der Waals surface area contributed by atoms with Crippen molar-refractivity contribution in [2.75, 3.05) is 24.6 Å². The van der Waals surface area contributed by atoms with Gasteiger partial charge >= 0.3 is 0 Å². The van der Waals surface area contributed by atoms with Gasteiger partial charge < -0.3 is 21.5 Å². The van der Waals surface area contributed by atoms with Crippen molar-refractivity contribution in [1.82, 2.24) is 10.3 Å². The van der Waals surface area contributed by atoms with E-state index in [1.165, 1.54) is 22.7 Å².